The molecule has 2 atom stereocenters. The van der Waals surface area contributed by atoms with Gasteiger partial charge in [0, 0.05) is 42.2 Å². The van der Waals surface area contributed by atoms with Gasteiger partial charge >= 0.3 is 5.97 Å². The third-order valence-corrected chi connectivity index (χ3v) is 7.54. The van der Waals surface area contributed by atoms with E-state index in [-0.39, 0.29) is 0 Å². The number of rotatable bonds is 10. The number of carbonyl (C=O) groups is 1. The van der Waals surface area contributed by atoms with Crippen molar-refractivity contribution in [3.05, 3.63) is 53.0 Å². The average molecular weight is 449 g/mol. The van der Waals surface area contributed by atoms with Crippen molar-refractivity contribution < 1.29 is 9.90 Å². The predicted octanol–water partition coefficient (Wildman–Crippen LogP) is 4.96. The number of nitrogens with zero attached hydrogens (tertiary/aromatic N) is 3. The molecule has 2 N–H and O–H groups in total. The predicted molar refractivity (Wildman–Crippen MR) is 129 cm³/mol. The molecule has 1 saturated carbocycles. The summed E-state index contributed by atoms with van der Waals surface area (Å²) in [5.74, 6) is 1.41. The Labute approximate surface area is 196 Å². The van der Waals surface area contributed by atoms with E-state index in [1.165, 1.54) is 43.4 Å². The molecule has 3 aliphatic rings. The first-order valence-corrected chi connectivity index (χ1v) is 12.8. The summed E-state index contributed by atoms with van der Waals surface area (Å²) in [6.07, 6.45) is 13.3. The van der Waals surface area contributed by atoms with E-state index in [2.05, 4.69) is 27.3 Å². The van der Waals surface area contributed by atoms with Crippen molar-refractivity contribution in [3.8, 4) is 0 Å². The van der Waals surface area contributed by atoms with Gasteiger partial charge in [0.05, 0.1) is 0 Å². The van der Waals surface area contributed by atoms with Crippen molar-refractivity contribution in [3.63, 3.8) is 0 Å². The van der Waals surface area contributed by atoms with Crippen molar-refractivity contribution in [2.45, 2.75) is 76.2 Å². The molecule has 2 aromatic rings. The van der Waals surface area contributed by atoms with E-state index in [9.17, 15) is 9.90 Å². The molecule has 0 amide bonds. The fraction of sp³-hybridized carbons (Fsp3) is 0.593. The van der Waals surface area contributed by atoms with Crippen LogP contribution in [0.2, 0.25) is 0 Å². The Balaban J connectivity index is 1.08. The van der Waals surface area contributed by atoms with Gasteiger partial charge in [-0.1, -0.05) is 25.0 Å². The maximum Gasteiger partial charge on any atom is 0.325 e. The Morgan fingerprint density at radius 2 is 2.09 bits per heavy atom. The van der Waals surface area contributed by atoms with Crippen molar-refractivity contribution in [2.24, 2.45) is 5.92 Å². The molecule has 0 radical (unpaired) electrons. The second kappa shape index (κ2) is 10.2. The van der Waals surface area contributed by atoms with Gasteiger partial charge in [0.2, 0.25) is 0 Å². The summed E-state index contributed by atoms with van der Waals surface area (Å²) in [7, 11) is 0. The Kier molecular flexibility index (Phi) is 6.91. The molecule has 0 bridgehead atoms. The van der Waals surface area contributed by atoms with Gasteiger partial charge in [-0.15, -0.1) is 0 Å². The minimum absolute atomic E-state index is 0.460. The highest BCUT2D eigenvalue weighted by Crippen LogP contribution is 2.43. The molecule has 2 fully saturated rings. The van der Waals surface area contributed by atoms with Crippen LogP contribution in [0.25, 0.3) is 0 Å². The average Bonchev–Trinajstić information content (AvgIpc) is 3.58. The SMILES string of the molecule is O=C(O)[C@@H](c1cccnc1C1CC1)N1CC[C@@H](CCCCCc2ccc3c(n2)NCCC3)C1. The first kappa shape index (κ1) is 22.3. The number of anilines is 1. The lowest BCUT2D eigenvalue weighted by molar-refractivity contribution is -0.143. The van der Waals surface area contributed by atoms with Crippen LogP contribution in [0.5, 0.6) is 0 Å². The van der Waals surface area contributed by atoms with E-state index in [4.69, 9.17) is 4.98 Å². The molecular formula is C27H36N4O2. The molecule has 176 valence electrons. The third-order valence-electron chi connectivity index (χ3n) is 7.54. The Hall–Kier alpha value is -2.47. The number of pyridine rings is 2. The highest BCUT2D eigenvalue weighted by atomic mass is 16.4. The second-order valence-corrected chi connectivity index (χ2v) is 10.1. The molecule has 4 heterocycles. The van der Waals surface area contributed by atoms with Crippen LogP contribution in [-0.4, -0.2) is 45.6 Å². The van der Waals surface area contributed by atoms with Crippen LogP contribution in [0.4, 0.5) is 5.82 Å². The minimum Gasteiger partial charge on any atom is -0.480 e. The Morgan fingerprint density at radius 1 is 1.18 bits per heavy atom. The van der Waals surface area contributed by atoms with E-state index in [1.54, 1.807) is 6.20 Å². The summed E-state index contributed by atoms with van der Waals surface area (Å²) in [6, 6.07) is 7.76. The summed E-state index contributed by atoms with van der Waals surface area (Å²) < 4.78 is 0. The van der Waals surface area contributed by atoms with E-state index in [0.29, 0.717) is 11.8 Å². The topological polar surface area (TPSA) is 78.3 Å². The zero-order valence-electron chi connectivity index (χ0n) is 19.5. The van der Waals surface area contributed by atoms with Crippen LogP contribution in [0, 0.1) is 5.92 Å². The number of nitrogens with one attached hydrogen (secondary N) is 1. The minimum atomic E-state index is -0.738. The van der Waals surface area contributed by atoms with Gasteiger partial charge in [0.1, 0.15) is 11.9 Å². The number of carboxylic acids is 1. The molecule has 2 aliphatic heterocycles. The summed E-state index contributed by atoms with van der Waals surface area (Å²) in [4.78, 5) is 23.8. The standard InChI is InChI=1S/C27H36N4O2/c32-27(33)25(23-9-5-15-28-24(23)20-10-11-20)31-17-14-19(18-31)6-2-1-3-8-22-13-12-21-7-4-16-29-26(21)30-22/h5,9,12-13,15,19-20,25H,1-4,6-8,10-11,14,16-18H2,(H,29,30)(H,32,33)/t19-,25-/m1/s1. The maximum atomic E-state index is 12.2. The summed E-state index contributed by atoms with van der Waals surface area (Å²) in [5, 5.41) is 13.5. The van der Waals surface area contributed by atoms with Gasteiger partial charge in [0.15, 0.2) is 0 Å². The van der Waals surface area contributed by atoms with E-state index < -0.39 is 12.0 Å². The van der Waals surface area contributed by atoms with Crippen LogP contribution >= 0.6 is 0 Å². The van der Waals surface area contributed by atoms with Crippen molar-refractivity contribution in [2.75, 3.05) is 25.0 Å². The van der Waals surface area contributed by atoms with Crippen LogP contribution in [0.15, 0.2) is 30.5 Å². The van der Waals surface area contributed by atoms with Crippen molar-refractivity contribution in [1.29, 1.82) is 0 Å². The number of aliphatic carboxylic acids is 1. The van der Waals surface area contributed by atoms with Gasteiger partial charge in [-0.3, -0.25) is 14.7 Å². The zero-order chi connectivity index (χ0) is 22.6. The zero-order valence-corrected chi connectivity index (χ0v) is 19.5. The number of unbranched alkanes of at least 4 members (excludes halogenated alkanes) is 2. The van der Waals surface area contributed by atoms with Gasteiger partial charge in [0.25, 0.3) is 0 Å². The highest BCUT2D eigenvalue weighted by Gasteiger charge is 2.37. The first-order chi connectivity index (χ1) is 16.2. The maximum absolute atomic E-state index is 12.2. The van der Waals surface area contributed by atoms with E-state index in [0.717, 1.165) is 68.8 Å². The molecular weight excluding hydrogens is 412 g/mol. The normalized spacial score (nSPS) is 21.4. The number of aryl methyl sites for hydroxylation is 2. The van der Waals surface area contributed by atoms with Crippen LogP contribution in [-0.2, 0) is 17.6 Å². The van der Waals surface area contributed by atoms with Crippen LogP contribution in [0.1, 0.15) is 85.8 Å². The van der Waals surface area contributed by atoms with Crippen LogP contribution < -0.4 is 5.32 Å². The lowest BCUT2D eigenvalue weighted by Gasteiger charge is -2.26. The van der Waals surface area contributed by atoms with Crippen molar-refractivity contribution >= 4 is 11.8 Å². The van der Waals surface area contributed by atoms with Crippen LogP contribution in [0.3, 0.4) is 0 Å². The monoisotopic (exact) mass is 448 g/mol. The largest absolute Gasteiger partial charge is 0.480 e. The smallest absolute Gasteiger partial charge is 0.325 e. The number of carboxylic acid groups (broad SMARTS) is 1. The fourth-order valence-electron chi connectivity index (χ4n) is 5.60. The second-order valence-electron chi connectivity index (χ2n) is 10.1. The molecule has 1 aliphatic carbocycles. The number of hydrogen-bond acceptors (Lipinski definition) is 5. The number of hydrogen-bond donors (Lipinski definition) is 2. The lowest BCUT2D eigenvalue weighted by atomic mass is 9.99. The molecule has 6 nitrogen and oxygen atoms in total. The number of fused-ring (bicyclic) bond motifs is 1. The molecule has 6 heteroatoms. The van der Waals surface area contributed by atoms with Gasteiger partial charge < -0.3 is 10.4 Å². The summed E-state index contributed by atoms with van der Waals surface area (Å²) in [5.41, 5.74) is 4.48. The molecule has 5 rings (SSSR count). The van der Waals surface area contributed by atoms with Gasteiger partial charge in [-0.25, -0.2) is 4.98 Å². The number of likely N-dealkylation sites (tertiary alicyclic amines) is 1. The van der Waals surface area contributed by atoms with Gasteiger partial charge in [-0.2, -0.15) is 0 Å². The fourth-order valence-corrected chi connectivity index (χ4v) is 5.60. The van der Waals surface area contributed by atoms with E-state index in [1.807, 2.05) is 12.1 Å². The molecule has 1 saturated heterocycles. The van der Waals surface area contributed by atoms with E-state index >= 15 is 0 Å². The molecule has 2 aromatic heterocycles. The third kappa shape index (κ3) is 5.37. The Morgan fingerprint density at radius 3 is 2.94 bits per heavy atom. The van der Waals surface area contributed by atoms with Crippen molar-refractivity contribution in [1.82, 2.24) is 14.9 Å². The quantitative estimate of drug-likeness (QED) is 0.500. The first-order valence-electron chi connectivity index (χ1n) is 12.8. The van der Waals surface area contributed by atoms with Gasteiger partial charge in [-0.05, 0) is 81.5 Å². The lowest BCUT2D eigenvalue weighted by Crippen LogP contribution is -2.33. The Bertz CT molecular complexity index is 974. The number of aromatic nitrogens is 2. The highest BCUT2D eigenvalue weighted by molar-refractivity contribution is 5.76. The summed E-state index contributed by atoms with van der Waals surface area (Å²) >= 11 is 0. The molecule has 0 aromatic carbocycles. The summed E-state index contributed by atoms with van der Waals surface area (Å²) in [6.45, 7) is 2.79. The molecule has 33 heavy (non-hydrogen) atoms. The molecule has 0 unspecified atom stereocenters. The molecule has 0 spiro atoms.